The van der Waals surface area contributed by atoms with Crippen LogP contribution in [0.3, 0.4) is 0 Å². The maximum atomic E-state index is 10.5. The highest BCUT2D eigenvalue weighted by Crippen LogP contribution is 2.22. The summed E-state index contributed by atoms with van der Waals surface area (Å²) < 4.78 is 5.19. The summed E-state index contributed by atoms with van der Waals surface area (Å²) in [5, 5.41) is 8.62. The summed E-state index contributed by atoms with van der Waals surface area (Å²) in [5.41, 5.74) is 6.45. The number of benzene rings is 1. The Kier molecular flexibility index (Phi) is 5.14. The molecule has 0 aliphatic rings. The molecule has 0 saturated heterocycles. The van der Waals surface area contributed by atoms with Crippen molar-refractivity contribution in [3.63, 3.8) is 0 Å². The number of carbonyl (C=O) groups is 1. The molecule has 0 aliphatic heterocycles. The quantitative estimate of drug-likeness (QED) is 0.786. The second-order valence-electron chi connectivity index (χ2n) is 3.27. The number of thioether (sulfide) groups is 1. The standard InChI is InChI=1S/C11H15NO3S/c1-15-10-5-3-2-4-8(10)6-16-7-9(12)11(13)14/h2-5,9H,6-7,12H2,1H3,(H,13,14). The van der Waals surface area contributed by atoms with Gasteiger partial charge in [0.25, 0.3) is 0 Å². The molecule has 16 heavy (non-hydrogen) atoms. The van der Waals surface area contributed by atoms with Crippen molar-refractivity contribution in [2.45, 2.75) is 11.8 Å². The molecule has 0 saturated carbocycles. The van der Waals surface area contributed by atoms with E-state index >= 15 is 0 Å². The summed E-state index contributed by atoms with van der Waals surface area (Å²) in [4.78, 5) is 10.5. The Bertz CT molecular complexity index is 357. The van der Waals surface area contributed by atoms with E-state index in [1.54, 1.807) is 7.11 Å². The number of carboxylic acids is 1. The van der Waals surface area contributed by atoms with Crippen LogP contribution in [-0.2, 0) is 10.5 Å². The third-order valence-electron chi connectivity index (χ3n) is 2.06. The molecule has 1 unspecified atom stereocenters. The largest absolute Gasteiger partial charge is 0.496 e. The molecule has 0 radical (unpaired) electrons. The first-order chi connectivity index (χ1) is 7.65. The van der Waals surface area contributed by atoms with Crippen molar-refractivity contribution in [3.8, 4) is 5.75 Å². The number of nitrogens with two attached hydrogens (primary N) is 1. The van der Waals surface area contributed by atoms with Crippen LogP contribution in [0.4, 0.5) is 0 Å². The van der Waals surface area contributed by atoms with Gasteiger partial charge in [0.05, 0.1) is 7.11 Å². The Hall–Kier alpha value is -1.20. The molecule has 0 bridgehead atoms. The first-order valence-corrected chi connectivity index (χ1v) is 5.98. The molecular weight excluding hydrogens is 226 g/mol. The van der Waals surface area contributed by atoms with Gasteiger partial charge in [0.2, 0.25) is 0 Å². The molecule has 0 aromatic heterocycles. The fourth-order valence-electron chi connectivity index (χ4n) is 1.19. The van der Waals surface area contributed by atoms with Gasteiger partial charge in [-0.1, -0.05) is 18.2 Å². The molecule has 0 heterocycles. The van der Waals surface area contributed by atoms with Gasteiger partial charge in [-0.15, -0.1) is 0 Å². The summed E-state index contributed by atoms with van der Waals surface area (Å²) in [5.74, 6) is 0.949. The van der Waals surface area contributed by atoms with Crippen molar-refractivity contribution >= 4 is 17.7 Å². The highest BCUT2D eigenvalue weighted by molar-refractivity contribution is 7.98. The maximum Gasteiger partial charge on any atom is 0.321 e. The number of hydrogen-bond acceptors (Lipinski definition) is 4. The van der Waals surface area contributed by atoms with E-state index in [1.807, 2.05) is 24.3 Å². The second-order valence-corrected chi connectivity index (χ2v) is 4.30. The average Bonchev–Trinajstić information content (AvgIpc) is 2.29. The Labute approximate surface area is 98.8 Å². The van der Waals surface area contributed by atoms with Crippen LogP contribution < -0.4 is 10.5 Å². The first-order valence-electron chi connectivity index (χ1n) is 4.83. The van der Waals surface area contributed by atoms with Crippen molar-refractivity contribution in [3.05, 3.63) is 29.8 Å². The molecule has 0 aliphatic carbocycles. The predicted octanol–water partition coefficient (Wildman–Crippen LogP) is 1.34. The summed E-state index contributed by atoms with van der Waals surface area (Å²) in [6.07, 6.45) is 0. The fraction of sp³-hybridized carbons (Fsp3) is 0.364. The Morgan fingerprint density at radius 1 is 1.56 bits per heavy atom. The van der Waals surface area contributed by atoms with E-state index in [4.69, 9.17) is 15.6 Å². The zero-order chi connectivity index (χ0) is 12.0. The average molecular weight is 241 g/mol. The van der Waals surface area contributed by atoms with E-state index in [0.717, 1.165) is 11.3 Å². The van der Waals surface area contributed by atoms with Gasteiger partial charge in [0.1, 0.15) is 11.8 Å². The SMILES string of the molecule is COc1ccccc1CSCC(N)C(=O)O. The molecule has 1 aromatic carbocycles. The molecule has 1 rings (SSSR count). The summed E-state index contributed by atoms with van der Waals surface area (Å²) in [6, 6.07) is 6.86. The lowest BCUT2D eigenvalue weighted by Gasteiger charge is -2.09. The van der Waals surface area contributed by atoms with E-state index in [0.29, 0.717) is 11.5 Å². The molecule has 88 valence electrons. The summed E-state index contributed by atoms with van der Waals surface area (Å²) in [7, 11) is 1.62. The first kappa shape index (κ1) is 12.9. The van der Waals surface area contributed by atoms with Crippen molar-refractivity contribution in [1.82, 2.24) is 0 Å². The van der Waals surface area contributed by atoms with Crippen LogP contribution in [0.5, 0.6) is 5.75 Å². The van der Waals surface area contributed by atoms with Crippen LogP contribution >= 0.6 is 11.8 Å². The van der Waals surface area contributed by atoms with E-state index < -0.39 is 12.0 Å². The summed E-state index contributed by atoms with van der Waals surface area (Å²) in [6.45, 7) is 0. The monoisotopic (exact) mass is 241 g/mol. The molecule has 0 spiro atoms. The Balaban J connectivity index is 2.45. The number of para-hydroxylation sites is 1. The minimum Gasteiger partial charge on any atom is -0.496 e. The highest BCUT2D eigenvalue weighted by atomic mass is 32.2. The molecule has 0 fully saturated rings. The van der Waals surface area contributed by atoms with Gasteiger partial charge in [0.15, 0.2) is 0 Å². The summed E-state index contributed by atoms with van der Waals surface area (Å²) >= 11 is 1.49. The lowest BCUT2D eigenvalue weighted by atomic mass is 10.2. The third-order valence-corrected chi connectivity index (χ3v) is 3.17. The molecular formula is C11H15NO3S. The maximum absolute atomic E-state index is 10.5. The second kappa shape index (κ2) is 6.40. The van der Waals surface area contributed by atoms with Crippen LogP contribution in [0.1, 0.15) is 5.56 Å². The number of methoxy groups -OCH3 is 1. The topological polar surface area (TPSA) is 72.5 Å². The van der Waals surface area contributed by atoms with Gasteiger partial charge < -0.3 is 15.6 Å². The highest BCUT2D eigenvalue weighted by Gasteiger charge is 2.11. The Morgan fingerprint density at radius 2 is 2.25 bits per heavy atom. The van der Waals surface area contributed by atoms with E-state index in [1.165, 1.54) is 11.8 Å². The van der Waals surface area contributed by atoms with Gasteiger partial charge in [-0.25, -0.2) is 0 Å². The van der Waals surface area contributed by atoms with Gasteiger partial charge in [-0.3, -0.25) is 4.79 Å². The van der Waals surface area contributed by atoms with Gasteiger partial charge in [0, 0.05) is 17.1 Å². The molecule has 4 nitrogen and oxygen atoms in total. The van der Waals surface area contributed by atoms with Crippen LogP contribution in [0, 0.1) is 0 Å². The van der Waals surface area contributed by atoms with Gasteiger partial charge >= 0.3 is 5.97 Å². The van der Waals surface area contributed by atoms with Crippen LogP contribution in [-0.4, -0.2) is 30.0 Å². The number of hydrogen-bond donors (Lipinski definition) is 2. The minimum absolute atomic E-state index is 0.396. The van der Waals surface area contributed by atoms with Crippen molar-refractivity contribution in [2.24, 2.45) is 5.73 Å². The van der Waals surface area contributed by atoms with Crippen LogP contribution in [0.2, 0.25) is 0 Å². The molecule has 3 N–H and O–H groups in total. The van der Waals surface area contributed by atoms with Gasteiger partial charge in [-0.2, -0.15) is 11.8 Å². The third kappa shape index (κ3) is 3.75. The molecule has 1 atom stereocenters. The number of rotatable bonds is 6. The van der Waals surface area contributed by atoms with Crippen LogP contribution in [0.25, 0.3) is 0 Å². The molecule has 5 heteroatoms. The smallest absolute Gasteiger partial charge is 0.321 e. The number of carboxylic acid groups (broad SMARTS) is 1. The van der Waals surface area contributed by atoms with Crippen molar-refractivity contribution < 1.29 is 14.6 Å². The number of aliphatic carboxylic acids is 1. The lowest BCUT2D eigenvalue weighted by Crippen LogP contribution is -2.32. The minimum atomic E-state index is -0.965. The normalized spacial score (nSPS) is 12.1. The van der Waals surface area contributed by atoms with Crippen molar-refractivity contribution in [1.29, 1.82) is 0 Å². The molecule has 0 amide bonds. The Morgan fingerprint density at radius 3 is 2.88 bits per heavy atom. The van der Waals surface area contributed by atoms with Gasteiger partial charge in [-0.05, 0) is 6.07 Å². The predicted molar refractivity (Wildman–Crippen MR) is 64.8 cm³/mol. The van der Waals surface area contributed by atoms with E-state index in [2.05, 4.69) is 0 Å². The zero-order valence-corrected chi connectivity index (χ0v) is 9.87. The fourth-order valence-corrected chi connectivity index (χ4v) is 2.16. The lowest BCUT2D eigenvalue weighted by molar-refractivity contribution is -0.137. The van der Waals surface area contributed by atoms with E-state index in [9.17, 15) is 4.79 Å². The van der Waals surface area contributed by atoms with Crippen LogP contribution in [0.15, 0.2) is 24.3 Å². The van der Waals surface area contributed by atoms with E-state index in [-0.39, 0.29) is 0 Å². The van der Waals surface area contributed by atoms with Crippen molar-refractivity contribution in [2.75, 3.05) is 12.9 Å². The zero-order valence-electron chi connectivity index (χ0n) is 9.05. The number of ether oxygens (including phenoxy) is 1. The molecule has 1 aromatic rings.